The molecular weight excluding hydrogens is 398 g/mol. The number of carbonyl (C=O) groups excluding carboxylic acids is 2. The van der Waals surface area contributed by atoms with E-state index in [1.807, 2.05) is 36.4 Å². The number of benzene rings is 2. The highest BCUT2D eigenvalue weighted by Crippen LogP contribution is 2.47. The van der Waals surface area contributed by atoms with Gasteiger partial charge in [0.1, 0.15) is 0 Å². The van der Waals surface area contributed by atoms with Crippen LogP contribution in [0.5, 0.6) is 0 Å². The molecule has 1 aliphatic carbocycles. The lowest BCUT2D eigenvalue weighted by atomic mass is 9.64. The third-order valence-electron chi connectivity index (χ3n) is 7.80. The van der Waals surface area contributed by atoms with Crippen LogP contribution in [0.15, 0.2) is 54.6 Å². The number of likely N-dealkylation sites (tertiary alicyclic amines) is 2. The first kappa shape index (κ1) is 21.4. The SMILES string of the molecule is CN1CCC(NC(=O)[C@@H]2CN(Cc3ccccc3)C[C@]23CCc2ccccc2C3=O)CC1. The van der Waals surface area contributed by atoms with Crippen LogP contribution in [0.4, 0.5) is 0 Å². The first-order valence-electron chi connectivity index (χ1n) is 11.9. The summed E-state index contributed by atoms with van der Waals surface area (Å²) in [7, 11) is 2.13. The number of hydrogen-bond donors (Lipinski definition) is 1. The zero-order valence-electron chi connectivity index (χ0n) is 18.9. The van der Waals surface area contributed by atoms with E-state index in [2.05, 4.69) is 40.4 Å². The lowest BCUT2D eigenvalue weighted by Gasteiger charge is -2.38. The molecule has 2 aromatic carbocycles. The summed E-state index contributed by atoms with van der Waals surface area (Å²) in [6.45, 7) is 4.08. The van der Waals surface area contributed by atoms with Gasteiger partial charge in [0.15, 0.2) is 5.78 Å². The van der Waals surface area contributed by atoms with Crippen molar-refractivity contribution in [2.45, 2.75) is 38.3 Å². The molecule has 168 valence electrons. The predicted molar refractivity (Wildman–Crippen MR) is 125 cm³/mol. The number of ketones is 1. The van der Waals surface area contributed by atoms with Gasteiger partial charge in [-0.15, -0.1) is 0 Å². The topological polar surface area (TPSA) is 52.7 Å². The monoisotopic (exact) mass is 431 g/mol. The van der Waals surface area contributed by atoms with E-state index >= 15 is 0 Å². The molecule has 2 saturated heterocycles. The van der Waals surface area contributed by atoms with Gasteiger partial charge in [-0.3, -0.25) is 14.5 Å². The Hall–Kier alpha value is -2.50. The van der Waals surface area contributed by atoms with E-state index in [1.165, 1.54) is 5.56 Å². The maximum Gasteiger partial charge on any atom is 0.225 e. The fourth-order valence-electron chi connectivity index (χ4n) is 5.94. The van der Waals surface area contributed by atoms with Crippen molar-refractivity contribution in [3.8, 4) is 0 Å². The van der Waals surface area contributed by atoms with Crippen molar-refractivity contribution in [2.24, 2.45) is 11.3 Å². The molecule has 2 fully saturated rings. The van der Waals surface area contributed by atoms with Crippen LogP contribution in [0.3, 0.4) is 0 Å². The molecule has 1 amide bonds. The van der Waals surface area contributed by atoms with Crippen molar-refractivity contribution >= 4 is 11.7 Å². The average molecular weight is 432 g/mol. The minimum Gasteiger partial charge on any atom is -0.353 e. The number of rotatable bonds is 4. The summed E-state index contributed by atoms with van der Waals surface area (Å²) < 4.78 is 0. The highest BCUT2D eigenvalue weighted by Gasteiger charge is 2.56. The van der Waals surface area contributed by atoms with Crippen LogP contribution in [0.1, 0.15) is 40.7 Å². The first-order valence-corrected chi connectivity index (χ1v) is 11.9. The number of fused-ring (bicyclic) bond motifs is 1. The summed E-state index contributed by atoms with van der Waals surface area (Å²) in [5.74, 6) is -0.0620. The number of amides is 1. The number of hydrogen-bond acceptors (Lipinski definition) is 4. The van der Waals surface area contributed by atoms with Crippen LogP contribution in [0.2, 0.25) is 0 Å². The summed E-state index contributed by atoms with van der Waals surface area (Å²) in [4.78, 5) is 32.1. The number of piperidine rings is 1. The molecule has 0 saturated carbocycles. The minimum absolute atomic E-state index is 0.0721. The molecule has 0 unspecified atom stereocenters. The second-order valence-corrected chi connectivity index (χ2v) is 9.94. The summed E-state index contributed by atoms with van der Waals surface area (Å²) in [6, 6.07) is 18.5. The van der Waals surface area contributed by atoms with Crippen LogP contribution in [0.25, 0.3) is 0 Å². The zero-order chi connectivity index (χ0) is 22.1. The van der Waals surface area contributed by atoms with Crippen LogP contribution in [0, 0.1) is 11.3 Å². The molecule has 3 aliphatic rings. The van der Waals surface area contributed by atoms with Crippen molar-refractivity contribution < 1.29 is 9.59 Å². The fraction of sp³-hybridized carbons (Fsp3) is 0.481. The van der Waals surface area contributed by atoms with Gasteiger partial charge in [-0.1, -0.05) is 54.6 Å². The van der Waals surface area contributed by atoms with Gasteiger partial charge in [0.2, 0.25) is 5.91 Å². The smallest absolute Gasteiger partial charge is 0.225 e. The molecule has 5 rings (SSSR count). The second-order valence-electron chi connectivity index (χ2n) is 9.94. The molecule has 5 heteroatoms. The summed E-state index contributed by atoms with van der Waals surface area (Å²) in [5, 5.41) is 3.34. The van der Waals surface area contributed by atoms with E-state index < -0.39 is 5.41 Å². The molecule has 0 bridgehead atoms. The molecule has 1 N–H and O–H groups in total. The van der Waals surface area contributed by atoms with Gasteiger partial charge >= 0.3 is 0 Å². The Morgan fingerprint density at radius 3 is 2.56 bits per heavy atom. The Morgan fingerprint density at radius 1 is 1.06 bits per heavy atom. The number of nitrogens with one attached hydrogen (secondary N) is 1. The average Bonchev–Trinajstić information content (AvgIpc) is 3.18. The Bertz CT molecular complexity index is 983. The highest BCUT2D eigenvalue weighted by atomic mass is 16.2. The van der Waals surface area contributed by atoms with Gasteiger partial charge in [-0.05, 0) is 56.9 Å². The van der Waals surface area contributed by atoms with E-state index in [0.717, 1.165) is 56.4 Å². The van der Waals surface area contributed by atoms with Crippen LogP contribution >= 0.6 is 0 Å². The van der Waals surface area contributed by atoms with Crippen molar-refractivity contribution in [1.29, 1.82) is 0 Å². The third-order valence-corrected chi connectivity index (χ3v) is 7.80. The van der Waals surface area contributed by atoms with E-state index in [-0.39, 0.29) is 23.7 Å². The fourth-order valence-corrected chi connectivity index (χ4v) is 5.94. The number of nitrogens with zero attached hydrogens (tertiary/aromatic N) is 2. The minimum atomic E-state index is -0.626. The lowest BCUT2D eigenvalue weighted by molar-refractivity contribution is -0.128. The van der Waals surface area contributed by atoms with Gasteiger partial charge < -0.3 is 10.2 Å². The molecule has 2 aromatic rings. The van der Waals surface area contributed by atoms with Gasteiger partial charge in [0.05, 0.1) is 11.3 Å². The number of Topliss-reactive ketones (excluding diaryl/α,β-unsaturated/α-hetero) is 1. The van der Waals surface area contributed by atoms with E-state index in [0.29, 0.717) is 13.1 Å². The van der Waals surface area contributed by atoms with Crippen LogP contribution in [-0.2, 0) is 17.8 Å². The number of aryl methyl sites for hydroxylation is 1. The summed E-state index contributed by atoms with van der Waals surface area (Å²) >= 11 is 0. The van der Waals surface area contributed by atoms with Crippen LogP contribution in [-0.4, -0.2) is 60.8 Å². The second kappa shape index (κ2) is 8.80. The van der Waals surface area contributed by atoms with E-state index in [1.54, 1.807) is 0 Å². The van der Waals surface area contributed by atoms with E-state index in [4.69, 9.17) is 0 Å². The molecular formula is C27H33N3O2. The lowest BCUT2D eigenvalue weighted by Crippen LogP contribution is -2.51. The number of carbonyl (C=O) groups is 2. The Balaban J connectivity index is 1.41. The van der Waals surface area contributed by atoms with Gasteiger partial charge in [-0.25, -0.2) is 0 Å². The van der Waals surface area contributed by atoms with Gasteiger partial charge in [0, 0.05) is 31.2 Å². The molecule has 32 heavy (non-hydrogen) atoms. The Kier molecular flexibility index (Phi) is 5.87. The Labute approximate surface area is 190 Å². The van der Waals surface area contributed by atoms with Gasteiger partial charge in [0.25, 0.3) is 0 Å². The molecule has 0 aromatic heterocycles. The predicted octanol–water partition coefficient (Wildman–Crippen LogP) is 3.14. The first-order chi connectivity index (χ1) is 15.5. The zero-order valence-corrected chi connectivity index (χ0v) is 18.9. The van der Waals surface area contributed by atoms with Crippen molar-refractivity contribution in [3.05, 3.63) is 71.3 Å². The maximum absolute atomic E-state index is 13.9. The largest absolute Gasteiger partial charge is 0.353 e. The molecule has 5 nitrogen and oxygen atoms in total. The molecule has 2 aliphatic heterocycles. The third kappa shape index (κ3) is 4.00. The van der Waals surface area contributed by atoms with Crippen LogP contribution < -0.4 is 5.32 Å². The molecule has 2 heterocycles. The van der Waals surface area contributed by atoms with Crippen molar-refractivity contribution in [1.82, 2.24) is 15.1 Å². The quantitative estimate of drug-likeness (QED) is 0.808. The summed E-state index contributed by atoms with van der Waals surface area (Å²) in [5.41, 5.74) is 2.54. The highest BCUT2D eigenvalue weighted by molar-refractivity contribution is 6.06. The van der Waals surface area contributed by atoms with Crippen molar-refractivity contribution in [3.63, 3.8) is 0 Å². The van der Waals surface area contributed by atoms with Gasteiger partial charge in [-0.2, -0.15) is 0 Å². The van der Waals surface area contributed by atoms with Crippen molar-refractivity contribution in [2.75, 3.05) is 33.2 Å². The molecule has 1 spiro atoms. The molecule has 2 atom stereocenters. The maximum atomic E-state index is 13.9. The summed E-state index contributed by atoms with van der Waals surface area (Å²) in [6.07, 6.45) is 3.57. The molecule has 0 radical (unpaired) electrons. The standard InChI is InChI=1S/C27H33N3O2/c1-29-15-12-22(13-16-29)28-26(32)24-18-30(17-20-7-3-2-4-8-20)19-27(24)14-11-21-9-5-6-10-23(21)25(27)31/h2-10,22,24H,11-19H2,1H3,(H,28,32)/t24-,27+/m0/s1. The normalized spacial score (nSPS) is 26.9. The Morgan fingerprint density at radius 2 is 1.78 bits per heavy atom. The van der Waals surface area contributed by atoms with E-state index in [9.17, 15) is 9.59 Å².